The molecule has 0 saturated carbocycles. The highest BCUT2D eigenvalue weighted by Crippen LogP contribution is 2.22. The van der Waals surface area contributed by atoms with Crippen molar-refractivity contribution in [3.63, 3.8) is 0 Å². The standard InChI is InChI=1S/C17H31N3O2.ClH/c1-3-5-7-14(4-2)17(22)19-10-6-8-15(13-19)20-11-9-18-12-16(20)21;/h14-15,18H,3-13H2,1-2H3;1H. The number of hydrogen-bond donors (Lipinski definition) is 1. The summed E-state index contributed by atoms with van der Waals surface area (Å²) in [6.45, 7) is 7.95. The zero-order valence-corrected chi connectivity index (χ0v) is 15.4. The van der Waals surface area contributed by atoms with Gasteiger partial charge < -0.3 is 15.1 Å². The number of carbonyl (C=O) groups excluding carboxylic acids is 2. The lowest BCUT2D eigenvalue weighted by Gasteiger charge is -2.42. The van der Waals surface area contributed by atoms with Gasteiger partial charge in [0.1, 0.15) is 0 Å². The van der Waals surface area contributed by atoms with E-state index in [1.54, 1.807) is 0 Å². The van der Waals surface area contributed by atoms with Crippen molar-refractivity contribution in [2.24, 2.45) is 5.92 Å². The fraction of sp³-hybridized carbons (Fsp3) is 0.882. The monoisotopic (exact) mass is 345 g/mol. The minimum absolute atomic E-state index is 0. The third kappa shape index (κ3) is 5.35. The summed E-state index contributed by atoms with van der Waals surface area (Å²) in [6, 6.07) is 0.219. The highest BCUT2D eigenvalue weighted by atomic mass is 35.5. The van der Waals surface area contributed by atoms with Crippen molar-refractivity contribution >= 4 is 24.2 Å². The van der Waals surface area contributed by atoms with Crippen LogP contribution in [-0.2, 0) is 9.59 Å². The molecule has 0 bridgehead atoms. The molecule has 5 nitrogen and oxygen atoms in total. The van der Waals surface area contributed by atoms with Gasteiger partial charge in [-0.05, 0) is 25.7 Å². The van der Waals surface area contributed by atoms with Crippen molar-refractivity contribution in [3.05, 3.63) is 0 Å². The largest absolute Gasteiger partial charge is 0.340 e. The van der Waals surface area contributed by atoms with Crippen LogP contribution >= 0.6 is 12.4 Å². The van der Waals surface area contributed by atoms with Crippen LogP contribution in [0.1, 0.15) is 52.4 Å². The van der Waals surface area contributed by atoms with Crippen molar-refractivity contribution in [1.82, 2.24) is 15.1 Å². The average Bonchev–Trinajstić information content (AvgIpc) is 2.56. The topological polar surface area (TPSA) is 52.7 Å². The molecule has 0 aromatic heterocycles. The summed E-state index contributed by atoms with van der Waals surface area (Å²) in [5.74, 6) is 0.657. The summed E-state index contributed by atoms with van der Waals surface area (Å²) < 4.78 is 0. The summed E-state index contributed by atoms with van der Waals surface area (Å²) in [4.78, 5) is 28.8. The first kappa shape index (κ1) is 20.2. The molecule has 1 N–H and O–H groups in total. The minimum Gasteiger partial charge on any atom is -0.340 e. The fourth-order valence-electron chi connectivity index (χ4n) is 3.63. The van der Waals surface area contributed by atoms with Crippen LogP contribution in [0.15, 0.2) is 0 Å². The molecule has 6 heteroatoms. The summed E-state index contributed by atoms with van der Waals surface area (Å²) >= 11 is 0. The second-order valence-corrected chi connectivity index (χ2v) is 6.59. The highest BCUT2D eigenvalue weighted by molar-refractivity contribution is 5.85. The number of hydrogen-bond acceptors (Lipinski definition) is 3. The average molecular weight is 346 g/mol. The van der Waals surface area contributed by atoms with Crippen molar-refractivity contribution < 1.29 is 9.59 Å². The number of likely N-dealkylation sites (tertiary alicyclic amines) is 1. The van der Waals surface area contributed by atoms with Crippen molar-refractivity contribution in [2.75, 3.05) is 32.7 Å². The maximum absolute atomic E-state index is 12.8. The lowest BCUT2D eigenvalue weighted by Crippen LogP contribution is -2.58. The lowest BCUT2D eigenvalue weighted by molar-refractivity contribution is -0.143. The maximum atomic E-state index is 12.8. The van der Waals surface area contributed by atoms with Gasteiger partial charge in [0, 0.05) is 38.1 Å². The molecule has 0 radical (unpaired) electrons. The van der Waals surface area contributed by atoms with E-state index in [9.17, 15) is 9.59 Å². The fourth-order valence-corrected chi connectivity index (χ4v) is 3.63. The number of piperazine rings is 1. The van der Waals surface area contributed by atoms with E-state index < -0.39 is 0 Å². The normalized spacial score (nSPS) is 23.4. The smallest absolute Gasteiger partial charge is 0.236 e. The molecule has 2 aliphatic rings. The molecule has 23 heavy (non-hydrogen) atoms. The van der Waals surface area contributed by atoms with Gasteiger partial charge in [-0.15, -0.1) is 12.4 Å². The molecule has 2 atom stereocenters. The van der Waals surface area contributed by atoms with Gasteiger partial charge in [-0.3, -0.25) is 9.59 Å². The molecule has 134 valence electrons. The van der Waals surface area contributed by atoms with Gasteiger partial charge in [0.25, 0.3) is 0 Å². The number of piperidine rings is 1. The quantitative estimate of drug-likeness (QED) is 0.801. The van der Waals surface area contributed by atoms with Gasteiger partial charge in [0.2, 0.25) is 11.8 Å². The van der Waals surface area contributed by atoms with Gasteiger partial charge in [-0.25, -0.2) is 0 Å². The number of amides is 2. The number of halogens is 1. The van der Waals surface area contributed by atoms with Crippen LogP contribution in [0, 0.1) is 5.92 Å². The molecule has 2 unspecified atom stereocenters. The van der Waals surface area contributed by atoms with Crippen LogP contribution in [0.4, 0.5) is 0 Å². The third-order valence-corrected chi connectivity index (χ3v) is 5.02. The Bertz CT molecular complexity index is 392. The van der Waals surface area contributed by atoms with E-state index in [2.05, 4.69) is 19.2 Å². The van der Waals surface area contributed by atoms with Crippen molar-refractivity contribution in [3.8, 4) is 0 Å². The van der Waals surface area contributed by atoms with Gasteiger partial charge in [0.05, 0.1) is 6.54 Å². The van der Waals surface area contributed by atoms with E-state index in [0.717, 1.165) is 64.7 Å². The Morgan fingerprint density at radius 3 is 2.78 bits per heavy atom. The summed E-state index contributed by atoms with van der Waals surface area (Å²) in [5, 5.41) is 3.12. The molecular formula is C17H32ClN3O2. The molecule has 2 amide bonds. The van der Waals surface area contributed by atoms with Crippen LogP contribution < -0.4 is 5.32 Å². The van der Waals surface area contributed by atoms with Crippen LogP contribution in [0.3, 0.4) is 0 Å². The van der Waals surface area contributed by atoms with E-state index in [1.165, 1.54) is 0 Å². The Hall–Kier alpha value is -0.810. The van der Waals surface area contributed by atoms with Crippen LogP contribution in [-0.4, -0.2) is 60.4 Å². The molecule has 2 aliphatic heterocycles. The van der Waals surface area contributed by atoms with Crippen LogP contribution in [0.25, 0.3) is 0 Å². The molecule has 0 aromatic carbocycles. The summed E-state index contributed by atoms with van der Waals surface area (Å²) in [7, 11) is 0. The number of unbranched alkanes of at least 4 members (excludes halogenated alkanes) is 1. The Morgan fingerprint density at radius 2 is 2.13 bits per heavy atom. The predicted octanol–water partition coefficient (Wildman–Crippen LogP) is 2.05. The van der Waals surface area contributed by atoms with E-state index in [4.69, 9.17) is 0 Å². The number of nitrogens with zero attached hydrogens (tertiary/aromatic N) is 2. The third-order valence-electron chi connectivity index (χ3n) is 5.02. The van der Waals surface area contributed by atoms with Crippen LogP contribution in [0.2, 0.25) is 0 Å². The number of nitrogens with one attached hydrogen (secondary N) is 1. The molecule has 2 fully saturated rings. The van der Waals surface area contributed by atoms with Crippen molar-refractivity contribution in [2.45, 2.75) is 58.4 Å². The molecule has 2 saturated heterocycles. The molecule has 2 heterocycles. The van der Waals surface area contributed by atoms with Gasteiger partial charge >= 0.3 is 0 Å². The van der Waals surface area contributed by atoms with Gasteiger partial charge in [-0.1, -0.05) is 26.7 Å². The second-order valence-electron chi connectivity index (χ2n) is 6.59. The zero-order valence-electron chi connectivity index (χ0n) is 14.6. The van der Waals surface area contributed by atoms with E-state index in [-0.39, 0.29) is 30.3 Å². The Balaban J connectivity index is 0.00000264. The van der Waals surface area contributed by atoms with Crippen molar-refractivity contribution in [1.29, 1.82) is 0 Å². The first-order valence-corrected chi connectivity index (χ1v) is 8.96. The Labute approximate surface area is 146 Å². The van der Waals surface area contributed by atoms with Gasteiger partial charge in [0.15, 0.2) is 0 Å². The van der Waals surface area contributed by atoms with E-state index in [1.807, 2.05) is 9.80 Å². The van der Waals surface area contributed by atoms with Crippen LogP contribution in [0.5, 0.6) is 0 Å². The zero-order chi connectivity index (χ0) is 15.9. The number of carbonyl (C=O) groups is 2. The minimum atomic E-state index is 0. The molecule has 0 aliphatic carbocycles. The Kier molecular flexibility index (Phi) is 8.92. The Morgan fingerprint density at radius 1 is 1.35 bits per heavy atom. The predicted molar refractivity (Wildman–Crippen MR) is 94.7 cm³/mol. The second kappa shape index (κ2) is 10.1. The van der Waals surface area contributed by atoms with Gasteiger partial charge in [-0.2, -0.15) is 0 Å². The summed E-state index contributed by atoms with van der Waals surface area (Å²) in [5.41, 5.74) is 0. The molecular weight excluding hydrogens is 314 g/mol. The highest BCUT2D eigenvalue weighted by Gasteiger charge is 2.33. The first-order chi connectivity index (χ1) is 10.7. The summed E-state index contributed by atoms with van der Waals surface area (Å²) in [6.07, 6.45) is 6.23. The first-order valence-electron chi connectivity index (χ1n) is 8.96. The SMILES string of the molecule is CCCCC(CC)C(=O)N1CCCC(N2CCNCC2=O)C1.Cl. The molecule has 2 rings (SSSR count). The number of rotatable bonds is 6. The molecule has 0 aromatic rings. The molecule has 0 spiro atoms. The maximum Gasteiger partial charge on any atom is 0.236 e. The van der Waals surface area contributed by atoms with E-state index >= 15 is 0 Å². The lowest BCUT2D eigenvalue weighted by atomic mass is 9.95. The van der Waals surface area contributed by atoms with E-state index in [0.29, 0.717) is 12.5 Å².